The Bertz CT molecular complexity index is 544. The SMILES string of the molecule is CC1CCN(C(=O)c2cc(O)ccc2[N+](=O)[O-])C(C)C1. The maximum atomic E-state index is 12.5. The van der Waals surface area contributed by atoms with Crippen molar-refractivity contribution >= 4 is 11.6 Å². The van der Waals surface area contributed by atoms with Crippen molar-refractivity contribution in [1.82, 2.24) is 4.90 Å². The molecule has 0 radical (unpaired) electrons. The molecule has 1 aromatic carbocycles. The molecule has 1 aliphatic rings. The summed E-state index contributed by atoms with van der Waals surface area (Å²) < 4.78 is 0. The van der Waals surface area contributed by atoms with Crippen molar-refractivity contribution in [1.29, 1.82) is 0 Å². The lowest BCUT2D eigenvalue weighted by Crippen LogP contribution is -2.44. The van der Waals surface area contributed by atoms with E-state index in [0.717, 1.165) is 12.8 Å². The van der Waals surface area contributed by atoms with E-state index in [1.54, 1.807) is 4.90 Å². The highest BCUT2D eigenvalue weighted by Crippen LogP contribution is 2.28. The molecule has 2 atom stereocenters. The Kier molecular flexibility index (Phi) is 3.92. The van der Waals surface area contributed by atoms with Gasteiger partial charge in [-0.1, -0.05) is 6.92 Å². The third-order valence-corrected chi connectivity index (χ3v) is 3.81. The second-order valence-corrected chi connectivity index (χ2v) is 5.44. The number of carbonyl (C=O) groups is 1. The van der Waals surface area contributed by atoms with Gasteiger partial charge in [0.05, 0.1) is 4.92 Å². The summed E-state index contributed by atoms with van der Waals surface area (Å²) in [5, 5.41) is 20.5. The molecule has 0 aliphatic carbocycles. The van der Waals surface area contributed by atoms with Crippen LogP contribution in [-0.2, 0) is 0 Å². The zero-order valence-electron chi connectivity index (χ0n) is 11.6. The second kappa shape index (κ2) is 5.48. The van der Waals surface area contributed by atoms with E-state index in [9.17, 15) is 20.0 Å². The summed E-state index contributed by atoms with van der Waals surface area (Å²) in [6.45, 7) is 4.67. The number of amides is 1. The minimum Gasteiger partial charge on any atom is -0.508 e. The number of carbonyl (C=O) groups excluding carboxylic acids is 1. The van der Waals surface area contributed by atoms with Crippen LogP contribution >= 0.6 is 0 Å². The number of hydrogen-bond acceptors (Lipinski definition) is 4. The summed E-state index contributed by atoms with van der Waals surface area (Å²) in [6.07, 6.45) is 1.78. The first-order chi connectivity index (χ1) is 9.40. The van der Waals surface area contributed by atoms with Crippen molar-refractivity contribution in [3.8, 4) is 5.75 Å². The van der Waals surface area contributed by atoms with Crippen LogP contribution in [0.2, 0.25) is 0 Å². The van der Waals surface area contributed by atoms with Crippen LogP contribution in [0.5, 0.6) is 5.75 Å². The minimum absolute atomic E-state index is 0.0450. The number of nitro benzene ring substituents is 1. The first-order valence-corrected chi connectivity index (χ1v) is 6.68. The van der Waals surface area contributed by atoms with Crippen LogP contribution in [0.1, 0.15) is 37.0 Å². The lowest BCUT2D eigenvalue weighted by atomic mass is 9.92. The van der Waals surface area contributed by atoms with Gasteiger partial charge in [0, 0.05) is 18.7 Å². The summed E-state index contributed by atoms with van der Waals surface area (Å²) in [7, 11) is 0. The Morgan fingerprint density at radius 3 is 2.75 bits per heavy atom. The van der Waals surface area contributed by atoms with Crippen LogP contribution in [-0.4, -0.2) is 33.4 Å². The van der Waals surface area contributed by atoms with Crippen LogP contribution in [0.4, 0.5) is 5.69 Å². The first kappa shape index (κ1) is 14.3. The molecule has 1 fully saturated rings. The highest BCUT2D eigenvalue weighted by Gasteiger charge is 2.31. The van der Waals surface area contributed by atoms with E-state index >= 15 is 0 Å². The zero-order chi connectivity index (χ0) is 14.9. The Morgan fingerprint density at radius 2 is 2.15 bits per heavy atom. The molecule has 0 saturated carbocycles. The predicted octanol–water partition coefficient (Wildman–Crippen LogP) is 2.56. The van der Waals surface area contributed by atoms with Crippen LogP contribution in [0.15, 0.2) is 18.2 Å². The smallest absolute Gasteiger partial charge is 0.282 e. The number of phenolic OH excluding ortho intramolecular Hbond substituents is 1. The summed E-state index contributed by atoms with van der Waals surface area (Å²) in [6, 6.07) is 3.61. The number of benzene rings is 1. The molecule has 1 heterocycles. The predicted molar refractivity (Wildman–Crippen MR) is 73.7 cm³/mol. The summed E-state index contributed by atoms with van der Waals surface area (Å²) in [4.78, 5) is 24.6. The Labute approximate surface area is 117 Å². The van der Waals surface area contributed by atoms with Gasteiger partial charge in [0.15, 0.2) is 0 Å². The third-order valence-electron chi connectivity index (χ3n) is 3.81. The number of rotatable bonds is 2. The van der Waals surface area contributed by atoms with Gasteiger partial charge in [0.25, 0.3) is 11.6 Å². The molecule has 0 spiro atoms. The zero-order valence-corrected chi connectivity index (χ0v) is 11.6. The molecule has 1 aliphatic heterocycles. The Balaban J connectivity index is 2.33. The maximum Gasteiger partial charge on any atom is 0.282 e. The van der Waals surface area contributed by atoms with Gasteiger partial charge in [-0.2, -0.15) is 0 Å². The number of phenols is 1. The molecule has 1 amide bonds. The van der Waals surface area contributed by atoms with E-state index in [1.165, 1.54) is 18.2 Å². The van der Waals surface area contributed by atoms with E-state index in [4.69, 9.17) is 0 Å². The highest BCUT2D eigenvalue weighted by molar-refractivity contribution is 5.98. The van der Waals surface area contributed by atoms with Gasteiger partial charge in [0.1, 0.15) is 11.3 Å². The van der Waals surface area contributed by atoms with Crippen LogP contribution in [0.3, 0.4) is 0 Å². The molecular weight excluding hydrogens is 260 g/mol. The topological polar surface area (TPSA) is 83.7 Å². The van der Waals surface area contributed by atoms with Crippen molar-refractivity contribution in [2.45, 2.75) is 32.7 Å². The molecule has 0 bridgehead atoms. The summed E-state index contributed by atoms with van der Waals surface area (Å²) >= 11 is 0. The van der Waals surface area contributed by atoms with Gasteiger partial charge in [-0.05, 0) is 37.8 Å². The fraction of sp³-hybridized carbons (Fsp3) is 0.500. The molecule has 108 valence electrons. The van der Waals surface area contributed by atoms with E-state index in [2.05, 4.69) is 6.92 Å². The van der Waals surface area contributed by atoms with Gasteiger partial charge in [-0.25, -0.2) is 0 Å². The molecule has 1 N–H and O–H groups in total. The average molecular weight is 278 g/mol. The maximum absolute atomic E-state index is 12.5. The molecule has 2 unspecified atom stereocenters. The van der Waals surface area contributed by atoms with Crippen molar-refractivity contribution in [3.63, 3.8) is 0 Å². The highest BCUT2D eigenvalue weighted by atomic mass is 16.6. The normalized spacial score (nSPS) is 22.6. The number of nitrogens with zero attached hydrogens (tertiary/aromatic N) is 2. The monoisotopic (exact) mass is 278 g/mol. The van der Waals surface area contributed by atoms with E-state index in [-0.39, 0.29) is 28.9 Å². The van der Waals surface area contributed by atoms with Crippen molar-refractivity contribution < 1.29 is 14.8 Å². The molecule has 6 nitrogen and oxygen atoms in total. The number of aromatic hydroxyl groups is 1. The number of piperidine rings is 1. The van der Waals surface area contributed by atoms with Crippen molar-refractivity contribution in [3.05, 3.63) is 33.9 Å². The third kappa shape index (κ3) is 2.74. The Hall–Kier alpha value is -2.11. The van der Waals surface area contributed by atoms with Crippen LogP contribution in [0, 0.1) is 16.0 Å². The molecule has 20 heavy (non-hydrogen) atoms. The second-order valence-electron chi connectivity index (χ2n) is 5.44. The molecule has 6 heteroatoms. The quantitative estimate of drug-likeness (QED) is 0.665. The van der Waals surface area contributed by atoms with Crippen LogP contribution in [0.25, 0.3) is 0 Å². The molecule has 2 rings (SSSR count). The van der Waals surface area contributed by atoms with Crippen molar-refractivity contribution in [2.24, 2.45) is 5.92 Å². The fourth-order valence-electron chi connectivity index (χ4n) is 2.72. The summed E-state index contributed by atoms with van der Waals surface area (Å²) in [5.41, 5.74) is -0.310. The van der Waals surface area contributed by atoms with Gasteiger partial charge < -0.3 is 10.0 Å². The van der Waals surface area contributed by atoms with Gasteiger partial charge >= 0.3 is 0 Å². The standard InChI is InChI=1S/C14H18N2O4/c1-9-5-6-15(10(2)7-9)14(18)12-8-11(17)3-4-13(12)16(19)20/h3-4,8-10,17H,5-7H2,1-2H3. The van der Waals surface area contributed by atoms with E-state index in [0.29, 0.717) is 12.5 Å². The van der Waals surface area contributed by atoms with Gasteiger partial charge in [-0.15, -0.1) is 0 Å². The van der Waals surface area contributed by atoms with E-state index < -0.39 is 4.92 Å². The largest absolute Gasteiger partial charge is 0.508 e. The fourth-order valence-corrected chi connectivity index (χ4v) is 2.72. The minimum atomic E-state index is -0.593. The average Bonchev–Trinajstić information content (AvgIpc) is 2.37. The number of likely N-dealkylation sites (tertiary alicyclic amines) is 1. The summed E-state index contributed by atoms with van der Waals surface area (Å²) in [5.74, 6) is 0.0252. The van der Waals surface area contributed by atoms with Crippen LogP contribution < -0.4 is 0 Å². The van der Waals surface area contributed by atoms with E-state index in [1.807, 2.05) is 6.92 Å². The lowest BCUT2D eigenvalue weighted by Gasteiger charge is -2.36. The van der Waals surface area contributed by atoms with Crippen molar-refractivity contribution in [2.75, 3.05) is 6.54 Å². The van der Waals surface area contributed by atoms with Gasteiger partial charge in [0.2, 0.25) is 0 Å². The molecule has 1 aromatic rings. The number of nitro groups is 1. The Morgan fingerprint density at radius 1 is 1.45 bits per heavy atom. The lowest BCUT2D eigenvalue weighted by molar-refractivity contribution is -0.385. The number of hydrogen-bond donors (Lipinski definition) is 1. The van der Waals surface area contributed by atoms with Gasteiger partial charge in [-0.3, -0.25) is 14.9 Å². The first-order valence-electron chi connectivity index (χ1n) is 6.68. The molecular formula is C14H18N2O4. The molecule has 0 aromatic heterocycles. The molecule has 1 saturated heterocycles.